The van der Waals surface area contributed by atoms with Gasteiger partial charge in [-0.25, -0.2) is 0 Å². The summed E-state index contributed by atoms with van der Waals surface area (Å²) >= 11 is 5.25. The molecule has 1 aliphatic heterocycles. The van der Waals surface area contributed by atoms with Crippen molar-refractivity contribution in [3.8, 4) is 0 Å². The molecular weight excluding hydrogens is 286 g/mol. The summed E-state index contributed by atoms with van der Waals surface area (Å²) in [7, 11) is 0. The van der Waals surface area contributed by atoms with Gasteiger partial charge >= 0.3 is 0 Å². The van der Waals surface area contributed by atoms with E-state index in [9.17, 15) is 9.59 Å². The van der Waals surface area contributed by atoms with Gasteiger partial charge in [-0.05, 0) is 25.7 Å². The fraction of sp³-hybridized carbons (Fsp3) is 0.800. The molecule has 1 heterocycles. The molecule has 0 radical (unpaired) electrons. The lowest BCUT2D eigenvalue weighted by Gasteiger charge is -2.39. The lowest BCUT2D eigenvalue weighted by atomic mass is 9.78. The highest BCUT2D eigenvalue weighted by atomic mass is 32.1. The average Bonchev–Trinajstić information content (AvgIpc) is 2.73. The first kappa shape index (κ1) is 16.2. The van der Waals surface area contributed by atoms with E-state index >= 15 is 0 Å². The number of piperidine rings is 1. The molecule has 0 aromatic heterocycles. The van der Waals surface area contributed by atoms with E-state index in [1.807, 2.05) is 4.90 Å². The van der Waals surface area contributed by atoms with Crippen molar-refractivity contribution in [1.29, 1.82) is 0 Å². The molecule has 0 spiro atoms. The zero-order valence-corrected chi connectivity index (χ0v) is 13.3. The Morgan fingerprint density at radius 1 is 1.00 bits per heavy atom. The van der Waals surface area contributed by atoms with Crippen LogP contribution < -0.4 is 11.5 Å². The van der Waals surface area contributed by atoms with Crippen LogP contribution in [0.3, 0.4) is 0 Å². The maximum absolute atomic E-state index is 13.0. The molecule has 1 saturated carbocycles. The van der Waals surface area contributed by atoms with Gasteiger partial charge in [0.25, 0.3) is 0 Å². The minimum absolute atomic E-state index is 0.0693. The minimum atomic E-state index is -0.661. The monoisotopic (exact) mass is 311 g/mol. The number of thiocarbonyl (C=S) groups is 1. The first-order valence-electron chi connectivity index (χ1n) is 7.86. The van der Waals surface area contributed by atoms with Gasteiger partial charge in [0.05, 0.1) is 10.4 Å². The maximum atomic E-state index is 13.0. The fourth-order valence-corrected chi connectivity index (χ4v) is 3.86. The molecule has 0 aromatic carbocycles. The van der Waals surface area contributed by atoms with E-state index in [-0.39, 0.29) is 17.7 Å². The standard InChI is InChI=1S/C15H25N3O2S/c16-12(19)11-5-9-18(10-6-11)14(20)15(13(17)21)7-3-1-2-4-8-15/h11H,1-10H2,(H2,16,19)(H2,17,21). The lowest BCUT2D eigenvalue weighted by molar-refractivity contribution is -0.141. The van der Waals surface area contributed by atoms with Gasteiger partial charge in [-0.1, -0.05) is 37.9 Å². The van der Waals surface area contributed by atoms with E-state index in [2.05, 4.69) is 0 Å². The Bertz CT molecular complexity index is 423. The number of amides is 2. The number of nitrogens with zero attached hydrogens (tertiary/aromatic N) is 1. The van der Waals surface area contributed by atoms with E-state index in [0.717, 1.165) is 38.5 Å². The Balaban J connectivity index is 2.09. The molecule has 2 aliphatic rings. The molecular formula is C15H25N3O2S. The third kappa shape index (κ3) is 3.36. The molecule has 21 heavy (non-hydrogen) atoms. The SMILES string of the molecule is NC(=O)C1CCN(C(=O)C2(C(N)=S)CCCCCC2)CC1. The smallest absolute Gasteiger partial charge is 0.235 e. The third-order valence-corrected chi connectivity index (χ3v) is 5.41. The predicted octanol–water partition coefficient (Wildman–Crippen LogP) is 1.34. The van der Waals surface area contributed by atoms with Crippen LogP contribution in [0.25, 0.3) is 0 Å². The second-order valence-corrected chi connectivity index (χ2v) is 6.77. The Hall–Kier alpha value is -1.17. The Labute approximate surface area is 131 Å². The van der Waals surface area contributed by atoms with Crippen LogP contribution in [0.15, 0.2) is 0 Å². The van der Waals surface area contributed by atoms with Crippen LogP contribution in [-0.2, 0) is 9.59 Å². The zero-order chi connectivity index (χ0) is 15.5. The van der Waals surface area contributed by atoms with E-state index in [4.69, 9.17) is 23.7 Å². The van der Waals surface area contributed by atoms with Crippen LogP contribution in [0.5, 0.6) is 0 Å². The summed E-state index contributed by atoms with van der Waals surface area (Å²) in [5, 5.41) is 0. The summed E-state index contributed by atoms with van der Waals surface area (Å²) in [5.74, 6) is -0.301. The molecule has 0 aromatic rings. The van der Waals surface area contributed by atoms with Gasteiger partial charge in [0.2, 0.25) is 11.8 Å². The summed E-state index contributed by atoms with van der Waals surface area (Å²) in [6, 6.07) is 0. The molecule has 4 N–H and O–H groups in total. The van der Waals surface area contributed by atoms with E-state index in [1.54, 1.807) is 0 Å². The third-order valence-electron chi connectivity index (χ3n) is 5.02. The van der Waals surface area contributed by atoms with Gasteiger partial charge in [-0.3, -0.25) is 9.59 Å². The van der Waals surface area contributed by atoms with Gasteiger partial charge < -0.3 is 16.4 Å². The van der Waals surface area contributed by atoms with Gasteiger partial charge in [0, 0.05) is 19.0 Å². The molecule has 2 rings (SSSR count). The highest BCUT2D eigenvalue weighted by Crippen LogP contribution is 2.38. The van der Waals surface area contributed by atoms with Crippen molar-refractivity contribution in [2.45, 2.75) is 51.4 Å². The van der Waals surface area contributed by atoms with Crippen LogP contribution in [0.4, 0.5) is 0 Å². The second kappa shape index (κ2) is 6.73. The van der Waals surface area contributed by atoms with Crippen molar-refractivity contribution >= 4 is 29.0 Å². The summed E-state index contributed by atoms with van der Waals surface area (Å²) in [6.07, 6.45) is 7.10. The van der Waals surface area contributed by atoms with Gasteiger partial charge in [0.1, 0.15) is 0 Å². The number of hydrogen-bond acceptors (Lipinski definition) is 3. The van der Waals surface area contributed by atoms with Crippen molar-refractivity contribution in [3.63, 3.8) is 0 Å². The number of rotatable bonds is 3. The quantitative estimate of drug-likeness (QED) is 0.608. The molecule has 0 unspecified atom stereocenters. The zero-order valence-electron chi connectivity index (χ0n) is 12.5. The highest BCUT2D eigenvalue weighted by molar-refractivity contribution is 7.80. The average molecular weight is 311 g/mol. The first-order chi connectivity index (χ1) is 9.97. The number of likely N-dealkylation sites (tertiary alicyclic amines) is 1. The van der Waals surface area contributed by atoms with Crippen LogP contribution >= 0.6 is 12.2 Å². The molecule has 5 nitrogen and oxygen atoms in total. The molecule has 2 amide bonds. The summed E-state index contributed by atoms with van der Waals surface area (Å²) in [5.41, 5.74) is 10.6. The number of carbonyl (C=O) groups excluding carboxylic acids is 2. The summed E-state index contributed by atoms with van der Waals surface area (Å²) in [6.45, 7) is 1.16. The second-order valence-electron chi connectivity index (χ2n) is 6.33. The number of carbonyl (C=O) groups is 2. The van der Waals surface area contributed by atoms with Crippen molar-refractivity contribution in [1.82, 2.24) is 4.90 Å². The van der Waals surface area contributed by atoms with Crippen molar-refractivity contribution in [2.24, 2.45) is 22.8 Å². The Morgan fingerprint density at radius 2 is 1.52 bits per heavy atom. The fourth-order valence-electron chi connectivity index (χ4n) is 3.57. The van der Waals surface area contributed by atoms with Gasteiger partial charge in [0.15, 0.2) is 0 Å². The van der Waals surface area contributed by atoms with Crippen LogP contribution in [0, 0.1) is 11.3 Å². The van der Waals surface area contributed by atoms with Crippen LogP contribution in [0.1, 0.15) is 51.4 Å². The van der Waals surface area contributed by atoms with Crippen LogP contribution in [0.2, 0.25) is 0 Å². The van der Waals surface area contributed by atoms with Crippen LogP contribution in [-0.4, -0.2) is 34.8 Å². The van der Waals surface area contributed by atoms with E-state index in [1.165, 1.54) is 0 Å². The Morgan fingerprint density at radius 3 is 1.95 bits per heavy atom. The van der Waals surface area contributed by atoms with Gasteiger partial charge in [-0.2, -0.15) is 0 Å². The number of primary amides is 1. The normalized spacial score (nSPS) is 23.3. The minimum Gasteiger partial charge on any atom is -0.392 e. The molecule has 118 valence electrons. The van der Waals surface area contributed by atoms with E-state index < -0.39 is 5.41 Å². The molecule has 0 bridgehead atoms. The molecule has 1 saturated heterocycles. The lowest BCUT2D eigenvalue weighted by Crippen LogP contribution is -2.53. The molecule has 6 heteroatoms. The van der Waals surface area contributed by atoms with Crippen molar-refractivity contribution in [3.05, 3.63) is 0 Å². The van der Waals surface area contributed by atoms with Gasteiger partial charge in [-0.15, -0.1) is 0 Å². The van der Waals surface area contributed by atoms with Crippen molar-refractivity contribution < 1.29 is 9.59 Å². The topological polar surface area (TPSA) is 89.4 Å². The largest absolute Gasteiger partial charge is 0.392 e. The maximum Gasteiger partial charge on any atom is 0.235 e. The molecule has 0 atom stereocenters. The number of nitrogens with two attached hydrogens (primary N) is 2. The summed E-state index contributed by atoms with van der Waals surface area (Å²) < 4.78 is 0. The number of hydrogen-bond donors (Lipinski definition) is 2. The first-order valence-corrected chi connectivity index (χ1v) is 8.27. The van der Waals surface area contributed by atoms with Crippen molar-refractivity contribution in [2.75, 3.05) is 13.1 Å². The molecule has 1 aliphatic carbocycles. The highest BCUT2D eigenvalue weighted by Gasteiger charge is 2.44. The summed E-state index contributed by atoms with van der Waals surface area (Å²) in [4.78, 5) is 26.4. The van der Waals surface area contributed by atoms with E-state index in [0.29, 0.717) is 30.9 Å². The molecule has 2 fully saturated rings. The Kier molecular flexibility index (Phi) is 5.19. The predicted molar refractivity (Wildman–Crippen MR) is 85.4 cm³/mol.